The maximum atomic E-state index is 5.89. The van der Waals surface area contributed by atoms with Crippen molar-refractivity contribution >= 4 is 91.2 Å². The molecular formula is C56H66N24O8. The first-order valence-corrected chi connectivity index (χ1v) is 30.7. The molecule has 8 fully saturated rings. The zero-order chi connectivity index (χ0) is 58.1. The number of H-pyrrole nitrogens is 2. The van der Waals surface area contributed by atoms with Gasteiger partial charge in [0.2, 0.25) is 0 Å². The van der Waals surface area contributed by atoms with Crippen molar-refractivity contribution in [3.63, 3.8) is 0 Å². The number of anilines is 8. The summed E-state index contributed by atoms with van der Waals surface area (Å²) in [5, 5.41) is 0. The molecule has 0 atom stereocenters. The number of rotatable bonds is 8. The molecule has 0 aliphatic carbocycles. The van der Waals surface area contributed by atoms with Crippen LogP contribution in [0.1, 0.15) is 0 Å². The number of morpholine rings is 8. The van der Waals surface area contributed by atoms with Crippen molar-refractivity contribution in [3.8, 4) is 46.1 Å². The van der Waals surface area contributed by atoms with Crippen LogP contribution in [0.2, 0.25) is 0 Å². The van der Waals surface area contributed by atoms with Gasteiger partial charge in [0.25, 0.3) is 0 Å². The van der Waals surface area contributed by atoms with Gasteiger partial charge in [-0.1, -0.05) is 0 Å². The zero-order valence-electron chi connectivity index (χ0n) is 48.7. The number of hydrogen-bond acceptors (Lipinski definition) is 30. The van der Waals surface area contributed by atoms with Crippen molar-refractivity contribution in [1.29, 1.82) is 0 Å². The molecule has 32 heteroatoms. The van der Waals surface area contributed by atoms with E-state index in [0.29, 0.717) is 324 Å². The second-order valence-corrected chi connectivity index (χ2v) is 22.7. The SMILES string of the molecule is C1CN(c2nc3c(nc2N2CCOCC2)-c2nc-3nc3[nH]c(nc4nc(nc5[nH]c(n2)c2nc(N6CCOCC6)c(N6CCOCC6)nc52)-c2nc(N5CCOCC5)c(N5CCOCC5)nc2-4)c2nc(N4CCOCC4)c(N4CCOCC4)nc32)CCO1. The van der Waals surface area contributed by atoms with Gasteiger partial charge in [0.15, 0.2) is 92.4 Å². The molecule has 458 valence electrons. The Morgan fingerprint density at radius 1 is 0.193 bits per heavy atom. The van der Waals surface area contributed by atoms with Crippen molar-refractivity contribution < 1.29 is 37.9 Å². The van der Waals surface area contributed by atoms with Crippen molar-refractivity contribution in [2.45, 2.75) is 0 Å². The van der Waals surface area contributed by atoms with Crippen LogP contribution < -0.4 is 39.2 Å². The Kier molecular flexibility index (Phi) is 14.1. The van der Waals surface area contributed by atoms with Gasteiger partial charge in [0.05, 0.1) is 106 Å². The van der Waals surface area contributed by atoms with Crippen LogP contribution in [0.4, 0.5) is 46.5 Å². The number of aromatic nitrogens is 16. The van der Waals surface area contributed by atoms with Crippen LogP contribution in [0.3, 0.4) is 0 Å². The lowest BCUT2D eigenvalue weighted by atomic mass is 10.2. The Morgan fingerprint density at radius 2 is 0.352 bits per heavy atom. The predicted molar refractivity (Wildman–Crippen MR) is 323 cm³/mol. The Balaban J connectivity index is 0.988. The number of aromatic amines is 2. The quantitative estimate of drug-likeness (QED) is 0.212. The fraction of sp³-hybridized carbons (Fsp3) is 0.571. The first-order valence-electron chi connectivity index (χ1n) is 30.7. The second kappa shape index (κ2) is 23.0. The molecule has 2 N–H and O–H groups in total. The third kappa shape index (κ3) is 9.84. The highest BCUT2D eigenvalue weighted by atomic mass is 16.5. The highest BCUT2D eigenvalue weighted by molar-refractivity contribution is 6.03. The Bertz CT molecular complexity index is 3480. The lowest BCUT2D eigenvalue weighted by Crippen LogP contribution is -2.41. The molecule has 8 bridgehead atoms. The number of ether oxygens (including phenoxy) is 8. The molecule has 17 heterocycles. The number of hydrogen-bond donors (Lipinski definition) is 2. The van der Waals surface area contributed by atoms with Crippen LogP contribution >= 0.6 is 0 Å². The molecule has 10 aliphatic rings. The van der Waals surface area contributed by atoms with Crippen LogP contribution in [0, 0.1) is 0 Å². The summed E-state index contributed by atoms with van der Waals surface area (Å²) in [5.41, 5.74) is 4.92. The van der Waals surface area contributed by atoms with Crippen LogP contribution in [-0.2, 0) is 37.9 Å². The summed E-state index contributed by atoms with van der Waals surface area (Å²) in [6.45, 7) is 18.4. The monoisotopic (exact) mass is 1200 g/mol. The summed E-state index contributed by atoms with van der Waals surface area (Å²) in [6.07, 6.45) is 0. The van der Waals surface area contributed by atoms with E-state index in [0.717, 1.165) is 0 Å². The first kappa shape index (κ1) is 54.0. The number of nitrogens with one attached hydrogen (secondary N) is 2. The molecule has 8 saturated heterocycles. The molecule has 88 heavy (non-hydrogen) atoms. The van der Waals surface area contributed by atoms with Crippen LogP contribution in [-0.4, -0.2) is 290 Å². The average Bonchev–Trinajstić information content (AvgIpc) is 1.91. The Morgan fingerprint density at radius 3 is 0.523 bits per heavy atom. The maximum absolute atomic E-state index is 5.89. The highest BCUT2D eigenvalue weighted by Gasteiger charge is 2.36. The van der Waals surface area contributed by atoms with E-state index in [1.165, 1.54) is 0 Å². The normalized spacial score (nSPS) is 20.5. The van der Waals surface area contributed by atoms with Gasteiger partial charge in [-0.05, 0) is 0 Å². The van der Waals surface area contributed by atoms with Crippen molar-refractivity contribution in [3.05, 3.63) is 0 Å². The van der Waals surface area contributed by atoms with Crippen LogP contribution in [0.15, 0.2) is 0 Å². The number of nitrogens with zero attached hydrogens (tertiary/aromatic N) is 22. The van der Waals surface area contributed by atoms with Crippen molar-refractivity contribution in [1.82, 2.24) is 79.7 Å². The minimum Gasteiger partial charge on any atom is -0.378 e. The fourth-order valence-electron chi connectivity index (χ4n) is 12.8. The molecule has 10 aliphatic heterocycles. The van der Waals surface area contributed by atoms with E-state index in [1.807, 2.05) is 0 Å². The third-order valence-electron chi connectivity index (χ3n) is 17.4. The minimum absolute atomic E-state index is 0.254. The average molecular weight is 1200 g/mol. The van der Waals surface area contributed by atoms with Gasteiger partial charge in [0.1, 0.15) is 44.8 Å². The molecule has 32 nitrogen and oxygen atoms in total. The van der Waals surface area contributed by atoms with E-state index in [1.54, 1.807) is 0 Å². The molecule has 0 radical (unpaired) electrons. The Hall–Kier alpha value is -8.24. The van der Waals surface area contributed by atoms with E-state index in [2.05, 4.69) is 49.2 Å². The molecule has 0 amide bonds. The van der Waals surface area contributed by atoms with Crippen LogP contribution in [0.5, 0.6) is 0 Å². The molecule has 7 aromatic rings. The van der Waals surface area contributed by atoms with E-state index in [9.17, 15) is 0 Å². The standard InChI is InChI=1S/C56H66N24O8/c1-17-81-18-2-73(1)49-50(74-3-19-82-20-4-74)58-34-33(57-49)41-65-42(34)70-44-37-38(62-54(78-11-27-86-28-12-78)53(61-37)77-9-25-85-26-10-77)46(67-44)72-48-40-39(63-55(79-13-29-87-30-14-79)56(64-40)80-15-31-88-32-16-80)47(68-48)71-45-36-35(43(66-45)69-41)59-51(75-5-21-83-22-6-75)52(60-36)76-7-23-84-24-8-76/h1-32H2,(H2,65,66,67,68,69,70,71,72). The van der Waals surface area contributed by atoms with Crippen molar-refractivity contribution in [2.24, 2.45) is 0 Å². The molecule has 0 unspecified atom stereocenters. The van der Waals surface area contributed by atoms with Crippen LogP contribution in [0.25, 0.3) is 90.7 Å². The van der Waals surface area contributed by atoms with E-state index in [-0.39, 0.29) is 23.3 Å². The lowest BCUT2D eigenvalue weighted by molar-refractivity contribution is 0.120. The van der Waals surface area contributed by atoms with E-state index < -0.39 is 0 Å². The summed E-state index contributed by atoms with van der Waals surface area (Å²) in [4.78, 5) is 102. The lowest BCUT2D eigenvalue weighted by Gasteiger charge is -2.34. The highest BCUT2D eigenvalue weighted by Crippen LogP contribution is 2.42. The van der Waals surface area contributed by atoms with Gasteiger partial charge in [0, 0.05) is 105 Å². The smallest absolute Gasteiger partial charge is 0.184 e. The third-order valence-corrected chi connectivity index (χ3v) is 17.4. The largest absolute Gasteiger partial charge is 0.378 e. The van der Waals surface area contributed by atoms with Gasteiger partial charge in [-0.3, -0.25) is 0 Å². The van der Waals surface area contributed by atoms with Gasteiger partial charge in [-0.15, -0.1) is 0 Å². The topological polar surface area (TPSA) is 312 Å². The second-order valence-electron chi connectivity index (χ2n) is 22.7. The minimum atomic E-state index is 0.254. The Labute approximate surface area is 502 Å². The van der Waals surface area contributed by atoms with Gasteiger partial charge in [-0.25, -0.2) is 69.8 Å². The van der Waals surface area contributed by atoms with Gasteiger partial charge >= 0.3 is 0 Å². The summed E-state index contributed by atoms with van der Waals surface area (Å²) < 4.78 is 47.1. The molecular weight excluding hydrogens is 1140 g/mol. The van der Waals surface area contributed by atoms with Gasteiger partial charge < -0.3 is 87.1 Å². The first-order chi connectivity index (χ1) is 43.6. The van der Waals surface area contributed by atoms with E-state index >= 15 is 0 Å². The molecule has 0 saturated carbocycles. The number of fused-ring (bicyclic) bond motifs is 20. The predicted octanol–water partition coefficient (Wildman–Crippen LogP) is 0.722. The summed E-state index contributed by atoms with van der Waals surface area (Å²) in [6, 6.07) is 0. The summed E-state index contributed by atoms with van der Waals surface area (Å²) in [5.74, 6) is 6.58. The summed E-state index contributed by atoms with van der Waals surface area (Å²) in [7, 11) is 0. The molecule has 7 aromatic heterocycles. The molecule has 0 spiro atoms. The van der Waals surface area contributed by atoms with Gasteiger partial charge in [-0.2, -0.15) is 0 Å². The van der Waals surface area contributed by atoms with Crippen molar-refractivity contribution in [2.75, 3.05) is 250 Å². The fourth-order valence-corrected chi connectivity index (χ4v) is 12.8. The van der Waals surface area contributed by atoms with E-state index in [4.69, 9.17) is 108 Å². The maximum Gasteiger partial charge on any atom is 0.184 e. The summed E-state index contributed by atoms with van der Waals surface area (Å²) >= 11 is 0. The molecule has 17 rings (SSSR count). The zero-order valence-corrected chi connectivity index (χ0v) is 48.7. The molecule has 0 aromatic carbocycles.